The number of hydrogen-bond donors (Lipinski definition) is 3. The molecule has 0 fully saturated rings. The van der Waals surface area contributed by atoms with Crippen LogP contribution in [0.15, 0.2) is 48.5 Å². The van der Waals surface area contributed by atoms with Gasteiger partial charge in [-0.25, -0.2) is 0 Å². The highest BCUT2D eigenvalue weighted by Crippen LogP contribution is 2.22. The normalized spacial score (nSPS) is 11.2. The highest BCUT2D eigenvalue weighted by molar-refractivity contribution is 6.58. The molecule has 0 aliphatic carbocycles. The van der Waals surface area contributed by atoms with Gasteiger partial charge in [-0.15, -0.1) is 0 Å². The van der Waals surface area contributed by atoms with Crippen LogP contribution in [0.4, 0.5) is 0 Å². The third-order valence-electron chi connectivity index (χ3n) is 3.74. The molecule has 0 spiro atoms. The lowest BCUT2D eigenvalue weighted by molar-refractivity contribution is 0.0951. The number of nitrogens with one attached hydrogen (secondary N) is 1. The Morgan fingerprint density at radius 1 is 1.00 bits per heavy atom. The predicted molar refractivity (Wildman–Crippen MR) is 92.6 cm³/mol. The van der Waals surface area contributed by atoms with E-state index in [1.54, 1.807) is 24.3 Å². The Bertz CT molecular complexity index is 658. The Kier molecular flexibility index (Phi) is 5.24. The number of rotatable bonds is 4. The maximum Gasteiger partial charge on any atom is 0.488 e. The first-order valence-corrected chi connectivity index (χ1v) is 7.61. The summed E-state index contributed by atoms with van der Waals surface area (Å²) in [5, 5.41) is 21.0. The average Bonchev–Trinajstić information content (AvgIpc) is 2.52. The fraction of sp³-hybridized carbons (Fsp3) is 0.278. The van der Waals surface area contributed by atoms with E-state index in [1.165, 1.54) is 5.56 Å². The van der Waals surface area contributed by atoms with Gasteiger partial charge in [0.05, 0.1) is 0 Å². The maximum absolute atomic E-state index is 12.2. The van der Waals surface area contributed by atoms with Gasteiger partial charge in [0.25, 0.3) is 5.91 Å². The second-order valence-corrected chi connectivity index (χ2v) is 6.63. The van der Waals surface area contributed by atoms with Crippen molar-refractivity contribution < 1.29 is 14.8 Å². The lowest BCUT2D eigenvalue weighted by Gasteiger charge is -2.19. The van der Waals surface area contributed by atoms with Crippen molar-refractivity contribution >= 4 is 18.5 Å². The summed E-state index contributed by atoms with van der Waals surface area (Å²) in [5.41, 5.74) is 3.20. The van der Waals surface area contributed by atoms with Gasteiger partial charge in [-0.1, -0.05) is 57.2 Å². The Morgan fingerprint density at radius 2 is 1.57 bits per heavy atom. The molecule has 0 saturated carbocycles. The van der Waals surface area contributed by atoms with Gasteiger partial charge in [-0.2, -0.15) is 0 Å². The molecular formula is C18H22BNO3. The smallest absolute Gasteiger partial charge is 0.423 e. The van der Waals surface area contributed by atoms with E-state index in [1.807, 2.05) is 24.3 Å². The second-order valence-electron chi connectivity index (χ2n) is 6.63. The van der Waals surface area contributed by atoms with Crippen LogP contribution in [0.5, 0.6) is 0 Å². The molecule has 1 amide bonds. The Hall–Kier alpha value is -2.11. The second kappa shape index (κ2) is 6.98. The molecule has 5 heteroatoms. The Morgan fingerprint density at radius 3 is 2.04 bits per heavy atom. The highest BCUT2D eigenvalue weighted by Gasteiger charge is 2.14. The van der Waals surface area contributed by atoms with Crippen molar-refractivity contribution in [3.63, 3.8) is 0 Å². The van der Waals surface area contributed by atoms with E-state index in [4.69, 9.17) is 10.0 Å². The molecule has 23 heavy (non-hydrogen) atoms. The van der Waals surface area contributed by atoms with Crippen LogP contribution in [0, 0.1) is 0 Å². The van der Waals surface area contributed by atoms with E-state index in [2.05, 4.69) is 26.1 Å². The number of amides is 1. The quantitative estimate of drug-likeness (QED) is 0.751. The van der Waals surface area contributed by atoms with Crippen LogP contribution < -0.4 is 10.8 Å². The number of hydrogen-bond acceptors (Lipinski definition) is 3. The molecule has 2 aromatic carbocycles. The molecule has 4 nitrogen and oxygen atoms in total. The summed E-state index contributed by atoms with van der Waals surface area (Å²) in [6.45, 7) is 6.79. The lowest BCUT2D eigenvalue weighted by atomic mass is 9.80. The molecule has 0 aromatic heterocycles. The third kappa shape index (κ3) is 4.68. The minimum absolute atomic E-state index is 0.0635. The maximum atomic E-state index is 12.2. The van der Waals surface area contributed by atoms with Gasteiger partial charge < -0.3 is 15.4 Å². The van der Waals surface area contributed by atoms with E-state index in [0.29, 0.717) is 17.6 Å². The van der Waals surface area contributed by atoms with E-state index in [-0.39, 0.29) is 11.3 Å². The molecule has 0 aliphatic rings. The predicted octanol–water partition coefficient (Wildman–Crippen LogP) is 1.59. The molecule has 0 saturated heterocycles. The molecular weight excluding hydrogens is 289 g/mol. The summed E-state index contributed by atoms with van der Waals surface area (Å²) >= 11 is 0. The number of carbonyl (C=O) groups excluding carboxylic acids is 1. The van der Waals surface area contributed by atoms with E-state index in [9.17, 15) is 4.79 Å². The molecule has 0 radical (unpaired) electrons. The van der Waals surface area contributed by atoms with Gasteiger partial charge in [0, 0.05) is 12.1 Å². The van der Waals surface area contributed by atoms with Crippen LogP contribution in [-0.2, 0) is 12.0 Å². The first-order valence-electron chi connectivity index (χ1n) is 7.61. The topological polar surface area (TPSA) is 69.6 Å². The zero-order valence-electron chi connectivity index (χ0n) is 13.7. The van der Waals surface area contributed by atoms with Crippen LogP contribution in [-0.4, -0.2) is 23.1 Å². The van der Waals surface area contributed by atoms with Crippen molar-refractivity contribution in [3.05, 3.63) is 65.2 Å². The molecule has 0 bridgehead atoms. The number of benzene rings is 2. The van der Waals surface area contributed by atoms with Gasteiger partial charge in [-0.3, -0.25) is 4.79 Å². The summed E-state index contributed by atoms with van der Waals surface area (Å²) in [5.74, 6) is -0.128. The van der Waals surface area contributed by atoms with Crippen LogP contribution in [0.2, 0.25) is 0 Å². The monoisotopic (exact) mass is 311 g/mol. The fourth-order valence-electron chi connectivity index (χ4n) is 2.21. The van der Waals surface area contributed by atoms with Gasteiger partial charge in [0.2, 0.25) is 0 Å². The van der Waals surface area contributed by atoms with Gasteiger partial charge >= 0.3 is 7.12 Å². The largest absolute Gasteiger partial charge is 0.488 e. The highest BCUT2D eigenvalue weighted by atomic mass is 16.4. The van der Waals surface area contributed by atoms with E-state index < -0.39 is 7.12 Å². The van der Waals surface area contributed by atoms with Crippen molar-refractivity contribution in [3.8, 4) is 0 Å². The van der Waals surface area contributed by atoms with Crippen molar-refractivity contribution in [1.82, 2.24) is 5.32 Å². The summed E-state index contributed by atoms with van der Waals surface area (Å²) in [4.78, 5) is 12.2. The van der Waals surface area contributed by atoms with Gasteiger partial charge in [0.1, 0.15) is 0 Å². The van der Waals surface area contributed by atoms with Crippen molar-refractivity contribution in [1.29, 1.82) is 0 Å². The van der Waals surface area contributed by atoms with Crippen molar-refractivity contribution in [2.24, 2.45) is 0 Å². The van der Waals surface area contributed by atoms with E-state index >= 15 is 0 Å². The zero-order valence-corrected chi connectivity index (χ0v) is 13.7. The Labute approximate surface area is 137 Å². The molecule has 0 unspecified atom stereocenters. The summed E-state index contributed by atoms with van der Waals surface area (Å²) in [6.07, 6.45) is 0. The van der Waals surface area contributed by atoms with Crippen LogP contribution >= 0.6 is 0 Å². The van der Waals surface area contributed by atoms with Crippen molar-refractivity contribution in [2.45, 2.75) is 32.7 Å². The summed E-state index contributed by atoms with van der Waals surface area (Å²) in [7, 11) is -1.47. The summed E-state index contributed by atoms with van der Waals surface area (Å²) < 4.78 is 0. The lowest BCUT2D eigenvalue weighted by Crippen LogP contribution is -2.29. The first-order chi connectivity index (χ1) is 10.8. The number of carbonyl (C=O) groups is 1. The fourth-order valence-corrected chi connectivity index (χ4v) is 2.21. The average molecular weight is 311 g/mol. The van der Waals surface area contributed by atoms with E-state index in [0.717, 1.165) is 5.56 Å². The van der Waals surface area contributed by atoms with Crippen molar-refractivity contribution in [2.75, 3.05) is 0 Å². The van der Waals surface area contributed by atoms with Gasteiger partial charge in [-0.05, 0) is 34.1 Å². The standard InChI is InChI=1S/C18H22BNO3/c1-18(2,3)15-8-6-14(7-9-15)17(21)20-12-13-4-10-16(11-5-13)19(22)23/h4-11,22-23H,12H2,1-3H3,(H,20,21). The van der Waals surface area contributed by atoms with Crippen LogP contribution in [0.25, 0.3) is 0 Å². The van der Waals surface area contributed by atoms with Gasteiger partial charge in [0.15, 0.2) is 0 Å². The molecule has 120 valence electrons. The first kappa shape index (κ1) is 17.3. The minimum atomic E-state index is -1.47. The molecule has 3 N–H and O–H groups in total. The molecule has 2 aromatic rings. The SMILES string of the molecule is CC(C)(C)c1ccc(C(=O)NCc2ccc(B(O)O)cc2)cc1. The summed E-state index contributed by atoms with van der Waals surface area (Å²) in [6, 6.07) is 14.4. The zero-order chi connectivity index (χ0) is 17.0. The minimum Gasteiger partial charge on any atom is -0.423 e. The van der Waals surface area contributed by atoms with Crippen LogP contribution in [0.1, 0.15) is 42.3 Å². The molecule has 0 atom stereocenters. The third-order valence-corrected chi connectivity index (χ3v) is 3.74. The molecule has 2 rings (SSSR count). The van der Waals surface area contributed by atoms with Crippen LogP contribution in [0.3, 0.4) is 0 Å². The molecule has 0 aliphatic heterocycles. The molecule has 0 heterocycles. The Balaban J connectivity index is 1.96.